The van der Waals surface area contributed by atoms with Crippen LogP contribution in [-0.4, -0.2) is 6.18 Å². The van der Waals surface area contributed by atoms with Crippen LogP contribution >= 0.6 is 0 Å². The summed E-state index contributed by atoms with van der Waals surface area (Å²) in [6.07, 6.45) is -5.40. The van der Waals surface area contributed by atoms with Gasteiger partial charge in [-0.05, 0) is 30.2 Å². The Morgan fingerprint density at radius 1 is 1.33 bits per heavy atom. The van der Waals surface area contributed by atoms with Crippen LogP contribution in [0.1, 0.15) is 23.6 Å². The third-order valence-electron chi connectivity index (χ3n) is 2.08. The molecule has 1 aromatic carbocycles. The van der Waals surface area contributed by atoms with Gasteiger partial charge in [0, 0.05) is 6.04 Å². The lowest BCUT2D eigenvalue weighted by Crippen LogP contribution is -2.21. The van der Waals surface area contributed by atoms with E-state index in [4.69, 9.17) is 5.73 Å². The molecular formula is C10H11F4N. The molecule has 0 amide bonds. The Labute approximate surface area is 84.9 Å². The summed E-state index contributed by atoms with van der Waals surface area (Å²) in [6, 6.07) is 2.44. The summed E-state index contributed by atoms with van der Waals surface area (Å²) in [4.78, 5) is 0. The second-order valence-electron chi connectivity index (χ2n) is 3.43. The minimum Gasteiger partial charge on any atom is -0.324 e. The first-order valence-electron chi connectivity index (χ1n) is 4.38. The summed E-state index contributed by atoms with van der Waals surface area (Å²) in [5.74, 6) is -0.476. The molecule has 1 atom stereocenters. The van der Waals surface area contributed by atoms with E-state index in [1.165, 1.54) is 19.1 Å². The Bertz CT molecular complexity index is 346. The number of hydrogen-bond donors (Lipinski definition) is 1. The van der Waals surface area contributed by atoms with E-state index in [1.807, 2.05) is 0 Å². The summed E-state index contributed by atoms with van der Waals surface area (Å²) in [7, 11) is 0. The van der Waals surface area contributed by atoms with Gasteiger partial charge in [-0.15, -0.1) is 0 Å². The third kappa shape index (κ3) is 3.51. The van der Waals surface area contributed by atoms with E-state index in [2.05, 4.69) is 0 Å². The molecule has 5 heteroatoms. The molecule has 1 unspecified atom stereocenters. The Balaban J connectivity index is 2.87. The van der Waals surface area contributed by atoms with Crippen LogP contribution in [-0.2, 0) is 0 Å². The van der Waals surface area contributed by atoms with Crippen molar-refractivity contribution in [3.8, 4) is 0 Å². The number of hydrogen-bond acceptors (Lipinski definition) is 1. The van der Waals surface area contributed by atoms with Crippen molar-refractivity contribution < 1.29 is 17.6 Å². The lowest BCUT2D eigenvalue weighted by Gasteiger charge is -2.16. The number of benzene rings is 1. The molecule has 0 fully saturated rings. The molecule has 0 radical (unpaired) electrons. The van der Waals surface area contributed by atoms with Crippen LogP contribution in [0.3, 0.4) is 0 Å². The fraction of sp³-hybridized carbons (Fsp3) is 0.400. The van der Waals surface area contributed by atoms with E-state index >= 15 is 0 Å². The largest absolute Gasteiger partial charge is 0.390 e. The number of halogens is 4. The van der Waals surface area contributed by atoms with E-state index < -0.39 is 24.5 Å². The second kappa shape index (κ2) is 4.18. The van der Waals surface area contributed by atoms with Crippen LogP contribution in [0.5, 0.6) is 0 Å². The lowest BCUT2D eigenvalue weighted by molar-refractivity contribution is -0.138. The van der Waals surface area contributed by atoms with Crippen LogP contribution in [0.4, 0.5) is 17.6 Å². The van der Waals surface area contributed by atoms with Gasteiger partial charge in [0.15, 0.2) is 0 Å². The van der Waals surface area contributed by atoms with Gasteiger partial charge >= 0.3 is 6.18 Å². The SMILES string of the molecule is Cc1cc(F)ccc1C(N)CC(F)(F)F. The number of aryl methyl sites for hydroxylation is 1. The number of rotatable bonds is 2. The predicted molar refractivity (Wildman–Crippen MR) is 48.7 cm³/mol. The molecule has 0 spiro atoms. The van der Waals surface area contributed by atoms with E-state index in [0.29, 0.717) is 11.1 Å². The lowest BCUT2D eigenvalue weighted by atomic mass is 9.99. The highest BCUT2D eigenvalue weighted by molar-refractivity contribution is 5.29. The molecule has 0 saturated heterocycles. The molecule has 1 rings (SSSR count). The van der Waals surface area contributed by atoms with Gasteiger partial charge in [0.2, 0.25) is 0 Å². The molecule has 1 aromatic rings. The molecular weight excluding hydrogens is 210 g/mol. The third-order valence-corrected chi connectivity index (χ3v) is 2.08. The summed E-state index contributed by atoms with van der Waals surface area (Å²) in [6.45, 7) is 1.54. The van der Waals surface area contributed by atoms with Crippen LogP contribution in [0.25, 0.3) is 0 Å². The highest BCUT2D eigenvalue weighted by Gasteiger charge is 2.31. The Morgan fingerprint density at radius 3 is 2.40 bits per heavy atom. The zero-order chi connectivity index (χ0) is 11.6. The van der Waals surface area contributed by atoms with Crippen molar-refractivity contribution in [2.24, 2.45) is 5.73 Å². The van der Waals surface area contributed by atoms with Gasteiger partial charge in [-0.2, -0.15) is 13.2 Å². The minimum atomic E-state index is -4.31. The average molecular weight is 221 g/mol. The van der Waals surface area contributed by atoms with Crippen LogP contribution < -0.4 is 5.73 Å². The van der Waals surface area contributed by atoms with Gasteiger partial charge in [0.05, 0.1) is 6.42 Å². The summed E-state index contributed by atoms with van der Waals surface area (Å²) >= 11 is 0. The van der Waals surface area contributed by atoms with Crippen LogP contribution in [0, 0.1) is 12.7 Å². The standard InChI is InChI=1S/C10H11F4N/c1-6-4-7(11)2-3-8(6)9(15)5-10(12,13)14/h2-4,9H,5,15H2,1H3. The van der Waals surface area contributed by atoms with Crippen LogP contribution in [0.15, 0.2) is 18.2 Å². The predicted octanol–water partition coefficient (Wildman–Crippen LogP) is 3.09. The van der Waals surface area contributed by atoms with Crippen molar-refractivity contribution in [3.63, 3.8) is 0 Å². The van der Waals surface area contributed by atoms with Crippen molar-refractivity contribution in [1.29, 1.82) is 0 Å². The highest BCUT2D eigenvalue weighted by atomic mass is 19.4. The van der Waals surface area contributed by atoms with Gasteiger partial charge in [-0.3, -0.25) is 0 Å². The van der Waals surface area contributed by atoms with Crippen molar-refractivity contribution in [2.75, 3.05) is 0 Å². The first-order valence-corrected chi connectivity index (χ1v) is 4.38. The van der Waals surface area contributed by atoms with Crippen molar-refractivity contribution in [1.82, 2.24) is 0 Å². The Kier molecular flexibility index (Phi) is 3.34. The zero-order valence-corrected chi connectivity index (χ0v) is 8.11. The van der Waals surface area contributed by atoms with E-state index in [9.17, 15) is 17.6 Å². The fourth-order valence-electron chi connectivity index (χ4n) is 1.41. The highest BCUT2D eigenvalue weighted by Crippen LogP contribution is 2.29. The maximum Gasteiger partial charge on any atom is 0.390 e. The molecule has 0 heterocycles. The van der Waals surface area contributed by atoms with E-state index in [0.717, 1.165) is 6.07 Å². The molecule has 0 bridgehead atoms. The number of alkyl halides is 3. The van der Waals surface area contributed by atoms with Gasteiger partial charge in [-0.25, -0.2) is 4.39 Å². The monoisotopic (exact) mass is 221 g/mol. The normalized spacial score (nSPS) is 14.0. The zero-order valence-electron chi connectivity index (χ0n) is 8.11. The van der Waals surface area contributed by atoms with Crippen molar-refractivity contribution in [3.05, 3.63) is 35.1 Å². The molecule has 0 saturated carbocycles. The second-order valence-corrected chi connectivity index (χ2v) is 3.43. The smallest absolute Gasteiger partial charge is 0.324 e. The fourth-order valence-corrected chi connectivity index (χ4v) is 1.41. The Hall–Kier alpha value is -1.10. The van der Waals surface area contributed by atoms with Crippen molar-refractivity contribution >= 4 is 0 Å². The maximum atomic E-state index is 12.7. The number of nitrogens with two attached hydrogens (primary N) is 1. The molecule has 1 nitrogen and oxygen atoms in total. The molecule has 0 aliphatic heterocycles. The van der Waals surface area contributed by atoms with Gasteiger partial charge in [0.25, 0.3) is 0 Å². The minimum absolute atomic E-state index is 0.328. The van der Waals surface area contributed by atoms with Crippen molar-refractivity contribution in [2.45, 2.75) is 25.6 Å². The van der Waals surface area contributed by atoms with Crippen LogP contribution in [0.2, 0.25) is 0 Å². The topological polar surface area (TPSA) is 26.0 Å². The molecule has 2 N–H and O–H groups in total. The summed E-state index contributed by atoms with van der Waals surface area (Å²) in [5.41, 5.74) is 6.15. The average Bonchev–Trinajstić information content (AvgIpc) is 1.99. The molecule has 0 aromatic heterocycles. The molecule has 0 aliphatic carbocycles. The maximum absolute atomic E-state index is 12.7. The molecule has 15 heavy (non-hydrogen) atoms. The van der Waals surface area contributed by atoms with Gasteiger partial charge < -0.3 is 5.73 Å². The first kappa shape index (κ1) is 12.0. The Morgan fingerprint density at radius 2 is 1.93 bits per heavy atom. The quantitative estimate of drug-likeness (QED) is 0.763. The molecule has 0 aliphatic rings. The molecule has 84 valence electrons. The summed E-state index contributed by atoms with van der Waals surface area (Å²) in [5, 5.41) is 0. The van der Waals surface area contributed by atoms with E-state index in [-0.39, 0.29) is 0 Å². The van der Waals surface area contributed by atoms with E-state index in [1.54, 1.807) is 0 Å². The van der Waals surface area contributed by atoms with Gasteiger partial charge in [0.1, 0.15) is 5.82 Å². The van der Waals surface area contributed by atoms with Gasteiger partial charge in [-0.1, -0.05) is 6.07 Å². The summed E-state index contributed by atoms with van der Waals surface area (Å²) < 4.78 is 48.8. The first-order chi connectivity index (χ1) is 6.79.